The van der Waals surface area contributed by atoms with Crippen LogP contribution in [0.5, 0.6) is 5.88 Å². The molecule has 8 nitrogen and oxygen atoms in total. The zero-order chi connectivity index (χ0) is 15.3. The van der Waals surface area contributed by atoms with E-state index >= 15 is 0 Å². The van der Waals surface area contributed by atoms with Gasteiger partial charge in [0.05, 0.1) is 19.5 Å². The van der Waals surface area contributed by atoms with E-state index in [-0.39, 0.29) is 11.4 Å². The van der Waals surface area contributed by atoms with E-state index in [1.165, 1.54) is 19.5 Å². The molecule has 2 N–H and O–H groups in total. The van der Waals surface area contributed by atoms with E-state index in [0.29, 0.717) is 11.8 Å². The van der Waals surface area contributed by atoms with Crippen molar-refractivity contribution in [2.45, 2.75) is 11.4 Å². The Morgan fingerprint density at radius 1 is 1.24 bits per heavy atom. The van der Waals surface area contributed by atoms with Crippen LogP contribution >= 0.6 is 0 Å². The number of nitrogens with one attached hydrogen (secondary N) is 2. The van der Waals surface area contributed by atoms with Crippen LogP contribution in [0.2, 0.25) is 0 Å². The first-order chi connectivity index (χ1) is 10.0. The van der Waals surface area contributed by atoms with Crippen molar-refractivity contribution in [3.63, 3.8) is 0 Å². The number of hydrogen-bond acceptors (Lipinski definition) is 7. The van der Waals surface area contributed by atoms with Gasteiger partial charge in [0.1, 0.15) is 4.90 Å². The van der Waals surface area contributed by atoms with Gasteiger partial charge in [-0.2, -0.15) is 0 Å². The summed E-state index contributed by atoms with van der Waals surface area (Å²) in [4.78, 5) is 11.7. The smallest absolute Gasteiger partial charge is 0.243 e. The predicted octanol–water partition coefficient (Wildman–Crippen LogP) is 0.400. The summed E-state index contributed by atoms with van der Waals surface area (Å²) in [5, 5.41) is 2.72. The monoisotopic (exact) mass is 309 g/mol. The van der Waals surface area contributed by atoms with Gasteiger partial charge in [0.25, 0.3) is 0 Å². The summed E-state index contributed by atoms with van der Waals surface area (Å²) in [6.45, 7) is 0.120. The van der Waals surface area contributed by atoms with Gasteiger partial charge in [-0.05, 0) is 11.6 Å². The van der Waals surface area contributed by atoms with Crippen LogP contribution in [-0.4, -0.2) is 37.5 Å². The van der Waals surface area contributed by atoms with Crippen molar-refractivity contribution in [3.05, 3.63) is 36.3 Å². The molecule has 0 bridgehead atoms. The summed E-state index contributed by atoms with van der Waals surface area (Å²) in [6, 6.07) is 3.36. The van der Waals surface area contributed by atoms with E-state index in [1.807, 2.05) is 0 Å². The summed E-state index contributed by atoms with van der Waals surface area (Å²) < 4.78 is 31.7. The molecule has 112 valence electrons. The van der Waals surface area contributed by atoms with E-state index in [2.05, 4.69) is 25.0 Å². The SMILES string of the molecule is CNc1ncc(S(=O)(=O)NCc2ccnc(OC)c2)cn1. The third-order valence-electron chi connectivity index (χ3n) is 2.64. The average Bonchev–Trinajstić information content (AvgIpc) is 2.53. The number of aromatic nitrogens is 3. The molecule has 0 radical (unpaired) electrons. The zero-order valence-electron chi connectivity index (χ0n) is 11.6. The van der Waals surface area contributed by atoms with Crippen LogP contribution in [-0.2, 0) is 16.6 Å². The summed E-state index contributed by atoms with van der Waals surface area (Å²) >= 11 is 0. The van der Waals surface area contributed by atoms with Crippen LogP contribution in [0.4, 0.5) is 5.95 Å². The van der Waals surface area contributed by atoms with Crippen molar-refractivity contribution in [2.24, 2.45) is 0 Å². The fourth-order valence-corrected chi connectivity index (χ4v) is 2.42. The molecule has 0 atom stereocenters. The van der Waals surface area contributed by atoms with E-state index in [1.54, 1.807) is 25.4 Å². The third-order valence-corrected chi connectivity index (χ3v) is 3.99. The Hall–Kier alpha value is -2.26. The van der Waals surface area contributed by atoms with E-state index in [9.17, 15) is 8.42 Å². The molecule has 21 heavy (non-hydrogen) atoms. The van der Waals surface area contributed by atoms with Gasteiger partial charge in [-0.25, -0.2) is 28.1 Å². The summed E-state index contributed by atoms with van der Waals surface area (Å²) in [5.41, 5.74) is 0.734. The van der Waals surface area contributed by atoms with E-state index < -0.39 is 10.0 Å². The van der Waals surface area contributed by atoms with E-state index in [4.69, 9.17) is 4.74 Å². The Morgan fingerprint density at radius 3 is 2.57 bits per heavy atom. The highest BCUT2D eigenvalue weighted by molar-refractivity contribution is 7.89. The minimum Gasteiger partial charge on any atom is -0.481 e. The number of hydrogen-bond donors (Lipinski definition) is 2. The van der Waals surface area contributed by atoms with Crippen molar-refractivity contribution >= 4 is 16.0 Å². The van der Waals surface area contributed by atoms with Crippen molar-refractivity contribution in [1.82, 2.24) is 19.7 Å². The molecule has 2 aromatic heterocycles. The first-order valence-electron chi connectivity index (χ1n) is 6.03. The molecule has 2 aromatic rings. The fraction of sp³-hybridized carbons (Fsp3) is 0.250. The number of nitrogens with zero attached hydrogens (tertiary/aromatic N) is 3. The quantitative estimate of drug-likeness (QED) is 0.795. The van der Waals surface area contributed by atoms with Crippen LogP contribution in [0.3, 0.4) is 0 Å². The van der Waals surface area contributed by atoms with Gasteiger partial charge in [0.2, 0.25) is 21.9 Å². The second kappa shape index (κ2) is 6.46. The Bertz CT molecular complexity index is 703. The first-order valence-corrected chi connectivity index (χ1v) is 7.52. The van der Waals surface area contributed by atoms with Crippen molar-refractivity contribution in [3.8, 4) is 5.88 Å². The van der Waals surface area contributed by atoms with E-state index in [0.717, 1.165) is 5.56 Å². The number of anilines is 1. The minimum absolute atomic E-state index is 0.00233. The van der Waals surface area contributed by atoms with Crippen molar-refractivity contribution < 1.29 is 13.2 Å². The molecule has 2 heterocycles. The molecule has 0 aliphatic rings. The van der Waals surface area contributed by atoms with Gasteiger partial charge in [-0.3, -0.25) is 0 Å². The maximum absolute atomic E-state index is 12.1. The molecule has 0 spiro atoms. The van der Waals surface area contributed by atoms with Crippen molar-refractivity contribution in [1.29, 1.82) is 0 Å². The maximum Gasteiger partial charge on any atom is 0.243 e. The van der Waals surface area contributed by atoms with Crippen LogP contribution in [0.25, 0.3) is 0 Å². The highest BCUT2D eigenvalue weighted by Crippen LogP contribution is 2.11. The number of methoxy groups -OCH3 is 1. The highest BCUT2D eigenvalue weighted by Gasteiger charge is 2.15. The molecule has 0 saturated heterocycles. The Morgan fingerprint density at radius 2 is 1.95 bits per heavy atom. The third kappa shape index (κ3) is 3.86. The minimum atomic E-state index is -3.67. The Labute approximate surface area is 122 Å². The molecule has 9 heteroatoms. The second-order valence-corrected chi connectivity index (χ2v) is 5.79. The Kier molecular flexibility index (Phi) is 4.66. The van der Waals surface area contributed by atoms with Crippen molar-refractivity contribution in [2.75, 3.05) is 19.5 Å². The normalized spacial score (nSPS) is 11.1. The molecular weight excluding hydrogens is 294 g/mol. The first kappa shape index (κ1) is 15.1. The van der Waals surface area contributed by atoms with Crippen LogP contribution in [0, 0.1) is 0 Å². The number of pyridine rings is 1. The zero-order valence-corrected chi connectivity index (χ0v) is 12.4. The van der Waals surface area contributed by atoms with Gasteiger partial charge >= 0.3 is 0 Å². The summed E-state index contributed by atoms with van der Waals surface area (Å²) in [6.07, 6.45) is 4.04. The van der Waals surface area contributed by atoms with Gasteiger partial charge < -0.3 is 10.1 Å². The average molecular weight is 309 g/mol. The fourth-order valence-electron chi connectivity index (χ4n) is 1.52. The lowest BCUT2D eigenvalue weighted by Crippen LogP contribution is -2.23. The van der Waals surface area contributed by atoms with Crippen LogP contribution in [0.15, 0.2) is 35.6 Å². The van der Waals surface area contributed by atoms with Gasteiger partial charge in [0.15, 0.2) is 0 Å². The standard InChI is InChI=1S/C12H15N5O3S/c1-13-12-15-7-10(8-16-12)21(18,19)17-6-9-3-4-14-11(5-9)20-2/h3-5,7-8,17H,6H2,1-2H3,(H,13,15,16). The van der Waals surface area contributed by atoms with Crippen LogP contribution < -0.4 is 14.8 Å². The molecular formula is C12H15N5O3S. The second-order valence-electron chi connectivity index (χ2n) is 4.02. The van der Waals surface area contributed by atoms with Crippen LogP contribution in [0.1, 0.15) is 5.56 Å². The lowest BCUT2D eigenvalue weighted by atomic mass is 10.3. The molecule has 0 saturated carbocycles. The number of ether oxygens (including phenoxy) is 1. The predicted molar refractivity (Wildman–Crippen MR) is 76.4 cm³/mol. The molecule has 0 aliphatic carbocycles. The summed E-state index contributed by atoms with van der Waals surface area (Å²) in [7, 11) is -0.519. The lowest BCUT2D eigenvalue weighted by Gasteiger charge is -2.07. The highest BCUT2D eigenvalue weighted by atomic mass is 32.2. The molecule has 0 fully saturated rings. The van der Waals surface area contributed by atoms with Gasteiger partial charge in [0, 0.05) is 25.9 Å². The molecule has 0 aromatic carbocycles. The maximum atomic E-state index is 12.1. The Balaban J connectivity index is 2.09. The lowest BCUT2D eigenvalue weighted by molar-refractivity contribution is 0.397. The number of rotatable bonds is 6. The molecule has 2 rings (SSSR count). The number of sulfonamides is 1. The molecule has 0 amide bonds. The topological polar surface area (TPSA) is 106 Å². The molecule has 0 unspecified atom stereocenters. The summed E-state index contributed by atoms with van der Waals surface area (Å²) in [5.74, 6) is 0.779. The van der Waals surface area contributed by atoms with Gasteiger partial charge in [-0.15, -0.1) is 0 Å². The molecule has 0 aliphatic heterocycles. The largest absolute Gasteiger partial charge is 0.481 e. The van der Waals surface area contributed by atoms with Gasteiger partial charge in [-0.1, -0.05) is 0 Å².